The Morgan fingerprint density at radius 3 is 1.80 bits per heavy atom. The fraction of sp³-hybridized carbons (Fsp3) is 0.424. The maximum atomic E-state index is 13.9. The summed E-state index contributed by atoms with van der Waals surface area (Å²) in [6.45, 7) is 8.12. The molecule has 2 aliphatic carbocycles. The molecule has 0 bridgehead atoms. The molecule has 2 amide bonds. The van der Waals surface area contributed by atoms with Crippen molar-refractivity contribution in [2.75, 3.05) is 88.0 Å². The highest BCUT2D eigenvalue weighted by molar-refractivity contribution is 6.33. The molecular weight excluding hydrogens is 979 g/mol. The van der Waals surface area contributed by atoms with Crippen LogP contribution in [0.5, 0.6) is 0 Å². The number of carbonyl (C=O) groups is 2. The zero-order valence-corrected chi connectivity index (χ0v) is 45.3. The number of halogens is 2. The highest BCUT2D eigenvalue weighted by Gasteiger charge is 2.27. The third kappa shape index (κ3) is 13.4. The van der Waals surface area contributed by atoms with Crippen molar-refractivity contribution in [1.29, 1.82) is 0 Å². The maximum Gasteiger partial charge on any atom is 0.255 e. The zero-order chi connectivity index (χ0) is 53.1. The van der Waals surface area contributed by atoms with Crippen LogP contribution < -0.4 is 31.1 Å². The first-order chi connectivity index (χ1) is 36.9. The van der Waals surface area contributed by atoms with E-state index in [0.29, 0.717) is 24.4 Å². The van der Waals surface area contributed by atoms with Crippen molar-refractivity contribution in [2.24, 2.45) is 5.92 Å². The smallest absolute Gasteiger partial charge is 0.255 e. The maximum absolute atomic E-state index is 13.9. The van der Waals surface area contributed by atoms with Crippen LogP contribution >= 0.6 is 11.6 Å². The molecule has 0 atom stereocenters. The lowest BCUT2D eigenvalue weighted by molar-refractivity contribution is 0.0369. The van der Waals surface area contributed by atoms with Crippen molar-refractivity contribution in [3.63, 3.8) is 0 Å². The number of hydrogen-bond acceptors (Lipinski definition) is 12. The second-order valence-corrected chi connectivity index (χ2v) is 21.2. The Kier molecular flexibility index (Phi) is 18.0. The molecule has 3 fully saturated rings. The number of para-hydroxylation sites is 2. The molecule has 17 heteroatoms. The van der Waals surface area contributed by atoms with Gasteiger partial charge in [-0.25, -0.2) is 14.4 Å². The Labute approximate surface area is 451 Å². The van der Waals surface area contributed by atoms with Crippen LogP contribution in [0.1, 0.15) is 84.2 Å². The second kappa shape index (κ2) is 25.3. The zero-order valence-electron chi connectivity index (χ0n) is 44.5. The molecule has 76 heavy (non-hydrogen) atoms. The van der Waals surface area contributed by atoms with E-state index in [4.69, 9.17) is 31.3 Å². The van der Waals surface area contributed by atoms with Crippen LogP contribution in [0.4, 0.5) is 27.9 Å². The molecule has 2 saturated carbocycles. The summed E-state index contributed by atoms with van der Waals surface area (Å²) >= 11 is 5.99. The Hall–Kier alpha value is -6.88. The van der Waals surface area contributed by atoms with Crippen LogP contribution in [0.3, 0.4) is 0 Å². The normalized spacial score (nSPS) is 18.8. The van der Waals surface area contributed by atoms with E-state index in [2.05, 4.69) is 79.0 Å². The molecule has 1 saturated heterocycles. The highest BCUT2D eigenvalue weighted by Crippen LogP contribution is 2.31. The number of nitrogens with one attached hydrogen (secondary N) is 4. The molecule has 0 radical (unpaired) electrons. The minimum Gasteiger partial charge on any atom is -0.379 e. The number of fused-ring (bicyclic) bond motifs is 2. The second-order valence-electron chi connectivity index (χ2n) is 20.8. The predicted molar refractivity (Wildman–Crippen MR) is 304 cm³/mol. The summed E-state index contributed by atoms with van der Waals surface area (Å²) in [5.41, 5.74) is 5.82. The highest BCUT2D eigenvalue weighted by atomic mass is 35.5. The van der Waals surface area contributed by atoms with E-state index in [9.17, 15) is 14.0 Å². The fourth-order valence-corrected chi connectivity index (χ4v) is 11.0. The van der Waals surface area contributed by atoms with Gasteiger partial charge in [0.05, 0.1) is 40.4 Å². The quantitative estimate of drug-likeness (QED) is 0.0727. The van der Waals surface area contributed by atoms with Gasteiger partial charge in [-0.15, -0.1) is 0 Å². The Morgan fingerprint density at radius 2 is 1.22 bits per heavy atom. The van der Waals surface area contributed by atoms with Gasteiger partial charge in [0.25, 0.3) is 11.8 Å². The molecule has 10 rings (SSSR count). The molecule has 4 N–H and O–H groups in total. The van der Waals surface area contributed by atoms with Gasteiger partial charge in [-0.1, -0.05) is 72.3 Å². The van der Waals surface area contributed by atoms with Gasteiger partial charge in [0, 0.05) is 101 Å². The molecule has 7 aromatic rings. The summed E-state index contributed by atoms with van der Waals surface area (Å²) in [4.78, 5) is 51.5. The number of morpholine rings is 1. The Bertz CT molecular complexity index is 3060. The van der Waals surface area contributed by atoms with Crippen molar-refractivity contribution in [3.8, 4) is 11.3 Å². The molecule has 4 heterocycles. The minimum atomic E-state index is -0.601. The van der Waals surface area contributed by atoms with Crippen LogP contribution in [-0.2, 0) is 11.3 Å². The predicted octanol–water partition coefficient (Wildman–Crippen LogP) is 10.2. The van der Waals surface area contributed by atoms with Gasteiger partial charge in [0.15, 0.2) is 0 Å². The monoisotopic (exact) mass is 1050 g/mol. The van der Waals surface area contributed by atoms with Crippen molar-refractivity contribution < 1.29 is 18.7 Å². The van der Waals surface area contributed by atoms with E-state index in [1.165, 1.54) is 18.2 Å². The third-order valence-corrected chi connectivity index (χ3v) is 15.3. The molecule has 15 nitrogen and oxygen atoms in total. The van der Waals surface area contributed by atoms with Crippen molar-refractivity contribution >= 4 is 68.8 Å². The lowest BCUT2D eigenvalue weighted by atomic mass is 9.86. The SMILES string of the molecule is CN(C)c1nc(NC2CCC(CNC(=O)c3c(F)cccc3Cl)CC2)nc2ccccc12.Cc1c(C(=O)NC2CCC(Nc3nc(N(C)C)c4ccccc4n3)CC2)cc(-c2ccccc2)n1CCCN1CCOCC1. The van der Waals surface area contributed by atoms with Gasteiger partial charge in [-0.2, -0.15) is 9.97 Å². The van der Waals surface area contributed by atoms with Gasteiger partial charge < -0.3 is 40.4 Å². The van der Waals surface area contributed by atoms with Gasteiger partial charge in [-0.05, 0) is 119 Å². The van der Waals surface area contributed by atoms with E-state index >= 15 is 0 Å². The summed E-state index contributed by atoms with van der Waals surface area (Å²) < 4.78 is 21.8. The first-order valence-corrected chi connectivity index (χ1v) is 27.3. The van der Waals surface area contributed by atoms with Gasteiger partial charge in [0.2, 0.25) is 11.9 Å². The van der Waals surface area contributed by atoms with Crippen molar-refractivity contribution in [3.05, 3.63) is 131 Å². The van der Waals surface area contributed by atoms with Crippen molar-refractivity contribution in [1.82, 2.24) is 40.0 Å². The number of carbonyl (C=O) groups excluding carboxylic acids is 2. The number of amides is 2. The molecule has 400 valence electrons. The average Bonchev–Trinajstić information content (AvgIpc) is 3.76. The van der Waals surface area contributed by atoms with Crippen molar-refractivity contribution in [2.45, 2.75) is 89.4 Å². The third-order valence-electron chi connectivity index (χ3n) is 15.0. The van der Waals surface area contributed by atoms with E-state index in [-0.39, 0.29) is 34.6 Å². The number of nitrogens with zero attached hydrogens (tertiary/aromatic N) is 8. The summed E-state index contributed by atoms with van der Waals surface area (Å²) in [7, 11) is 7.98. The van der Waals surface area contributed by atoms with Gasteiger partial charge in [-0.3, -0.25) is 14.5 Å². The van der Waals surface area contributed by atoms with Gasteiger partial charge in [0.1, 0.15) is 17.5 Å². The van der Waals surface area contributed by atoms with Crippen LogP contribution in [0.2, 0.25) is 5.02 Å². The molecule has 4 aromatic carbocycles. The van der Waals surface area contributed by atoms with E-state index < -0.39 is 11.7 Å². The van der Waals surface area contributed by atoms with Crippen LogP contribution in [0.15, 0.2) is 103 Å². The number of rotatable bonds is 16. The molecule has 3 aromatic heterocycles. The minimum absolute atomic E-state index is 0.0245. The largest absolute Gasteiger partial charge is 0.379 e. The first kappa shape index (κ1) is 53.9. The summed E-state index contributed by atoms with van der Waals surface area (Å²) in [5.74, 6) is 2.41. The van der Waals surface area contributed by atoms with Crippen LogP contribution in [-0.4, -0.2) is 127 Å². The molecule has 3 aliphatic rings. The Morgan fingerprint density at radius 1 is 0.671 bits per heavy atom. The summed E-state index contributed by atoms with van der Waals surface area (Å²) in [6, 6.07) is 33.6. The summed E-state index contributed by atoms with van der Waals surface area (Å²) in [6.07, 6.45) is 8.59. The molecule has 0 spiro atoms. The molecular formula is C59H72ClFN12O3. The lowest BCUT2D eigenvalue weighted by Gasteiger charge is -2.30. The standard InChI is InChI=1S/C35H45N7O2.C24H27ClFN5O/c1-25-30(24-32(26-10-5-4-6-11-26)42(25)19-9-18-41-20-22-44-23-21-41)34(43)36-27-14-16-28(17-15-27)37-35-38-31-13-8-7-12-29(31)33(39-35)40(2)3;1-31(2)22-17-6-3-4-9-20(17)29-24(30-22)28-16-12-10-15(11-13-16)14-27-23(32)21-18(25)7-5-8-19(21)26/h4-8,10-13,24,27-28H,9,14-23H2,1-3H3,(H,36,43)(H,37,38,39);3-9,15-16H,10-14H2,1-2H3,(H,27,32)(H,28,29,30). The lowest BCUT2D eigenvalue weighted by Crippen LogP contribution is -2.40. The molecule has 1 aliphatic heterocycles. The van der Waals surface area contributed by atoms with E-state index in [1.54, 1.807) is 0 Å². The number of benzene rings is 4. The Balaban J connectivity index is 0.000000195. The summed E-state index contributed by atoms with van der Waals surface area (Å²) in [5, 5.41) is 15.5. The number of anilines is 4. The fourth-order valence-electron chi connectivity index (χ4n) is 10.8. The first-order valence-electron chi connectivity index (χ1n) is 26.9. The van der Waals surface area contributed by atoms with E-state index in [1.807, 2.05) is 86.5 Å². The number of aromatic nitrogens is 5. The van der Waals surface area contributed by atoms with Gasteiger partial charge >= 0.3 is 0 Å². The number of hydrogen-bond donors (Lipinski definition) is 4. The van der Waals surface area contributed by atoms with Crippen LogP contribution in [0, 0.1) is 18.7 Å². The van der Waals surface area contributed by atoms with E-state index in [0.717, 1.165) is 153 Å². The topological polar surface area (TPSA) is 158 Å². The van der Waals surface area contributed by atoms with Crippen LogP contribution in [0.25, 0.3) is 33.1 Å². The number of ether oxygens (including phenoxy) is 1. The molecule has 0 unspecified atom stereocenters. The average molecular weight is 1050 g/mol.